The van der Waals surface area contributed by atoms with Crippen molar-refractivity contribution in [1.82, 2.24) is 14.5 Å². The summed E-state index contributed by atoms with van der Waals surface area (Å²) >= 11 is 12.3. The van der Waals surface area contributed by atoms with Crippen molar-refractivity contribution in [3.05, 3.63) is 52.8 Å². The Kier molecular flexibility index (Phi) is 4.28. The van der Waals surface area contributed by atoms with E-state index >= 15 is 0 Å². The first-order valence-corrected chi connectivity index (χ1v) is 7.82. The number of carbonyl (C=O) groups is 1. The fourth-order valence-electron chi connectivity index (χ4n) is 2.37. The maximum absolute atomic E-state index is 12.0. The van der Waals surface area contributed by atoms with Gasteiger partial charge < -0.3 is 9.47 Å². The molecule has 0 saturated heterocycles. The van der Waals surface area contributed by atoms with E-state index in [1.165, 1.54) is 0 Å². The molecule has 2 heterocycles. The van der Waals surface area contributed by atoms with Crippen molar-refractivity contribution < 1.29 is 4.79 Å². The maximum Gasteiger partial charge on any atom is 0.241 e. The molecule has 0 fully saturated rings. The number of hydrogen-bond donors (Lipinski definition) is 0. The molecule has 3 aromatic rings. The molecule has 0 saturated carbocycles. The van der Waals surface area contributed by atoms with Gasteiger partial charge in [0.25, 0.3) is 0 Å². The van der Waals surface area contributed by atoms with Gasteiger partial charge in [-0.3, -0.25) is 9.78 Å². The number of amides is 1. The third-order valence-electron chi connectivity index (χ3n) is 3.63. The van der Waals surface area contributed by atoms with Gasteiger partial charge in [0.05, 0.1) is 10.5 Å². The highest BCUT2D eigenvalue weighted by Gasteiger charge is 2.13. The minimum atomic E-state index is -0.00766. The summed E-state index contributed by atoms with van der Waals surface area (Å²) in [5.74, 6) is -0.00766. The molecule has 23 heavy (non-hydrogen) atoms. The normalized spacial score (nSPS) is 11.0. The van der Waals surface area contributed by atoms with Crippen LogP contribution in [0.2, 0.25) is 10.0 Å². The van der Waals surface area contributed by atoms with Crippen LogP contribution in [0.4, 0.5) is 0 Å². The molecule has 1 amide bonds. The zero-order chi connectivity index (χ0) is 16.6. The molecule has 2 aromatic heterocycles. The van der Waals surface area contributed by atoms with Crippen LogP contribution in [0.1, 0.15) is 0 Å². The van der Waals surface area contributed by atoms with Crippen LogP contribution < -0.4 is 0 Å². The third-order valence-corrected chi connectivity index (χ3v) is 4.15. The molecule has 4 nitrogen and oxygen atoms in total. The van der Waals surface area contributed by atoms with Gasteiger partial charge in [0.15, 0.2) is 0 Å². The van der Waals surface area contributed by atoms with Crippen LogP contribution in [0.15, 0.2) is 42.7 Å². The lowest BCUT2D eigenvalue weighted by atomic mass is 10.1. The number of aromatic nitrogens is 2. The molecule has 0 N–H and O–H groups in total. The van der Waals surface area contributed by atoms with Crippen LogP contribution in [-0.2, 0) is 11.3 Å². The van der Waals surface area contributed by atoms with Gasteiger partial charge in [-0.15, -0.1) is 0 Å². The Labute approximate surface area is 144 Å². The van der Waals surface area contributed by atoms with Crippen LogP contribution >= 0.6 is 23.2 Å². The molecule has 0 aliphatic heterocycles. The van der Waals surface area contributed by atoms with Gasteiger partial charge in [0.1, 0.15) is 12.1 Å². The second-order valence-electron chi connectivity index (χ2n) is 5.50. The minimum Gasteiger partial charge on any atom is -0.347 e. The van der Waals surface area contributed by atoms with E-state index < -0.39 is 0 Å². The van der Waals surface area contributed by atoms with Gasteiger partial charge in [-0.1, -0.05) is 35.3 Å². The van der Waals surface area contributed by atoms with Crippen LogP contribution in [0, 0.1) is 0 Å². The lowest BCUT2D eigenvalue weighted by Crippen LogP contribution is -2.25. The van der Waals surface area contributed by atoms with E-state index in [0.717, 1.165) is 16.6 Å². The van der Waals surface area contributed by atoms with Crippen molar-refractivity contribution >= 4 is 40.1 Å². The number of halogens is 2. The number of likely N-dealkylation sites (N-methyl/N-ethyl adjacent to an activating group) is 1. The molecule has 0 aliphatic carbocycles. The van der Waals surface area contributed by atoms with E-state index in [1.54, 1.807) is 31.4 Å². The van der Waals surface area contributed by atoms with E-state index in [2.05, 4.69) is 4.98 Å². The highest BCUT2D eigenvalue weighted by atomic mass is 35.5. The predicted octanol–water partition coefficient (Wildman–Crippen LogP) is 4.10. The molecule has 0 radical (unpaired) electrons. The van der Waals surface area contributed by atoms with Crippen molar-refractivity contribution in [3.8, 4) is 11.1 Å². The molecule has 118 valence electrons. The van der Waals surface area contributed by atoms with Gasteiger partial charge in [-0.25, -0.2) is 0 Å². The first-order chi connectivity index (χ1) is 11.0. The smallest absolute Gasteiger partial charge is 0.241 e. The molecule has 0 spiro atoms. The van der Waals surface area contributed by atoms with E-state index in [4.69, 9.17) is 23.2 Å². The molecule has 0 atom stereocenters. The molecular formula is C17H15Cl2N3O. The van der Waals surface area contributed by atoms with Crippen LogP contribution in [0.5, 0.6) is 0 Å². The first kappa shape index (κ1) is 15.8. The lowest BCUT2D eigenvalue weighted by molar-refractivity contribution is -0.129. The number of carbonyl (C=O) groups excluding carboxylic acids is 1. The van der Waals surface area contributed by atoms with Crippen molar-refractivity contribution in [2.75, 3.05) is 14.1 Å². The molecule has 0 bridgehead atoms. The Bertz CT molecular complexity index is 887. The Hall–Kier alpha value is -2.04. The molecular weight excluding hydrogens is 333 g/mol. The van der Waals surface area contributed by atoms with E-state index in [-0.39, 0.29) is 12.5 Å². The largest absolute Gasteiger partial charge is 0.347 e. The summed E-state index contributed by atoms with van der Waals surface area (Å²) in [5, 5.41) is 1.20. The molecule has 0 unspecified atom stereocenters. The average molecular weight is 348 g/mol. The van der Waals surface area contributed by atoms with Crippen molar-refractivity contribution in [3.63, 3.8) is 0 Å². The lowest BCUT2D eigenvalue weighted by Gasteiger charge is -2.11. The Morgan fingerprint density at radius 2 is 2.00 bits per heavy atom. The summed E-state index contributed by atoms with van der Waals surface area (Å²) in [6.07, 6.45) is 3.50. The highest BCUT2D eigenvalue weighted by Crippen LogP contribution is 2.29. The average Bonchev–Trinajstić information content (AvgIpc) is 2.83. The predicted molar refractivity (Wildman–Crippen MR) is 93.9 cm³/mol. The van der Waals surface area contributed by atoms with E-state index in [1.807, 2.05) is 34.9 Å². The third kappa shape index (κ3) is 3.19. The number of nitrogens with zero attached hydrogens (tertiary/aromatic N) is 3. The first-order valence-electron chi connectivity index (χ1n) is 7.06. The Balaban J connectivity index is 2.09. The fourth-order valence-corrected chi connectivity index (χ4v) is 2.82. The number of benzene rings is 1. The quantitative estimate of drug-likeness (QED) is 0.715. The summed E-state index contributed by atoms with van der Waals surface area (Å²) in [4.78, 5) is 18.0. The highest BCUT2D eigenvalue weighted by molar-refractivity contribution is 6.35. The van der Waals surface area contributed by atoms with Crippen molar-refractivity contribution in [2.45, 2.75) is 6.54 Å². The minimum absolute atomic E-state index is 0.00766. The summed E-state index contributed by atoms with van der Waals surface area (Å²) in [5.41, 5.74) is 3.40. The van der Waals surface area contributed by atoms with Crippen molar-refractivity contribution in [1.29, 1.82) is 0 Å². The summed E-state index contributed by atoms with van der Waals surface area (Å²) in [6, 6.07) is 9.54. The van der Waals surface area contributed by atoms with Crippen molar-refractivity contribution in [2.24, 2.45) is 0 Å². The SMILES string of the molecule is CN(C)C(=O)Cn1cc(Cl)c2ncc(-c3cccc(Cl)c3)cc21. The number of fused-ring (bicyclic) bond motifs is 1. The zero-order valence-electron chi connectivity index (χ0n) is 12.8. The number of hydrogen-bond acceptors (Lipinski definition) is 2. The fraction of sp³-hybridized carbons (Fsp3) is 0.176. The zero-order valence-corrected chi connectivity index (χ0v) is 14.3. The standard InChI is InChI=1S/C17H15Cl2N3O/c1-21(2)16(23)10-22-9-14(19)17-15(22)7-12(8-20-17)11-4-3-5-13(18)6-11/h3-9H,10H2,1-2H3. The number of pyridine rings is 1. The van der Waals surface area contributed by atoms with Gasteiger partial charge in [-0.05, 0) is 23.8 Å². The monoisotopic (exact) mass is 347 g/mol. The molecule has 1 aromatic carbocycles. The van der Waals surface area contributed by atoms with Crippen LogP contribution in [-0.4, -0.2) is 34.5 Å². The summed E-state index contributed by atoms with van der Waals surface area (Å²) in [7, 11) is 3.45. The molecule has 3 rings (SSSR count). The molecule has 6 heteroatoms. The van der Waals surface area contributed by atoms with Gasteiger partial charge >= 0.3 is 0 Å². The maximum atomic E-state index is 12.0. The Morgan fingerprint density at radius 3 is 2.70 bits per heavy atom. The van der Waals surface area contributed by atoms with E-state index in [9.17, 15) is 4.79 Å². The summed E-state index contributed by atoms with van der Waals surface area (Å²) < 4.78 is 1.82. The van der Waals surface area contributed by atoms with Gasteiger partial charge in [-0.2, -0.15) is 0 Å². The summed E-state index contributed by atoms with van der Waals surface area (Å²) in [6.45, 7) is 0.219. The second-order valence-corrected chi connectivity index (χ2v) is 6.34. The topological polar surface area (TPSA) is 38.1 Å². The van der Waals surface area contributed by atoms with Crippen LogP contribution in [0.3, 0.4) is 0 Å². The number of rotatable bonds is 3. The Morgan fingerprint density at radius 1 is 1.22 bits per heavy atom. The second kappa shape index (κ2) is 6.22. The van der Waals surface area contributed by atoms with Gasteiger partial charge in [0.2, 0.25) is 5.91 Å². The van der Waals surface area contributed by atoms with Crippen LogP contribution in [0.25, 0.3) is 22.2 Å². The van der Waals surface area contributed by atoms with Gasteiger partial charge in [0, 0.05) is 37.1 Å². The van der Waals surface area contributed by atoms with E-state index in [0.29, 0.717) is 15.6 Å². The molecule has 0 aliphatic rings.